The van der Waals surface area contributed by atoms with Crippen LogP contribution in [0.5, 0.6) is 0 Å². The molecule has 4 heteroatoms. The first kappa shape index (κ1) is 27.0. The normalized spacial score (nSPS) is 10.6. The second-order valence-electron chi connectivity index (χ2n) is 8.45. The van der Waals surface area contributed by atoms with Crippen LogP contribution in [-0.2, 0) is 13.1 Å². The summed E-state index contributed by atoms with van der Waals surface area (Å²) in [5, 5.41) is 5.32. The maximum Gasteiger partial charge on any atom is 0.176 e. The number of nitrogens with zero attached hydrogens (tertiary/aromatic N) is 2. The molecule has 2 aromatic carbocycles. The maximum atomic E-state index is 2.34. The third-order valence-corrected chi connectivity index (χ3v) is 6.08. The number of rotatable bonds is 11. The van der Waals surface area contributed by atoms with Gasteiger partial charge in [-0.15, -0.1) is 0 Å². The zero-order valence-corrected chi connectivity index (χ0v) is 23.1. The number of halogens is 2. The van der Waals surface area contributed by atoms with Gasteiger partial charge in [-0.05, 0) is 35.7 Å². The zero-order chi connectivity index (χ0) is 20.4. The molecule has 0 aliphatic rings. The molecule has 170 valence electrons. The van der Waals surface area contributed by atoms with Crippen molar-refractivity contribution in [2.45, 2.75) is 64.5 Å². The Bertz CT molecular complexity index is 994. The number of hydrogen-bond donors (Lipinski definition) is 0. The van der Waals surface area contributed by atoms with E-state index in [2.05, 4.69) is 94.6 Å². The average Bonchev–Trinajstić information content (AvgIpc) is 2.80. The molecule has 0 amide bonds. The molecule has 0 fully saturated rings. The molecular weight excluding hydrogens is 618 g/mol. The van der Waals surface area contributed by atoms with Crippen molar-refractivity contribution >= 4 is 21.5 Å². The molecule has 2 aromatic heterocycles. The van der Waals surface area contributed by atoms with Gasteiger partial charge in [0.15, 0.2) is 24.8 Å². The van der Waals surface area contributed by atoms with Gasteiger partial charge in [0.2, 0.25) is 0 Å². The van der Waals surface area contributed by atoms with Gasteiger partial charge >= 0.3 is 0 Å². The van der Waals surface area contributed by atoms with Crippen LogP contribution in [0.2, 0.25) is 0 Å². The van der Waals surface area contributed by atoms with Crippen LogP contribution in [0.25, 0.3) is 21.5 Å². The molecule has 4 aromatic rings. The second kappa shape index (κ2) is 14.8. The standard InChI is InChI=1S/C28H34N2.2HI/c1(3-5-11-19-29-21-17-25-13-7-9-15-27(25)23-29)2-4-6-12-20-30-22-18-26-14-8-10-16-28(26)24-30;;/h7-10,13-18,21-24H,1-6,11-12,19-20H2;2*1H/q+2;;/p-2. The molecule has 0 unspecified atom stereocenters. The van der Waals surface area contributed by atoms with Gasteiger partial charge < -0.3 is 48.0 Å². The highest BCUT2D eigenvalue weighted by Crippen LogP contribution is 2.12. The Kier molecular flexibility index (Phi) is 12.5. The van der Waals surface area contributed by atoms with Crippen LogP contribution in [0, 0.1) is 0 Å². The summed E-state index contributed by atoms with van der Waals surface area (Å²) in [6, 6.07) is 21.7. The predicted octanol–water partition coefficient (Wildman–Crippen LogP) is 0.397. The highest BCUT2D eigenvalue weighted by Gasteiger charge is 2.04. The van der Waals surface area contributed by atoms with Gasteiger partial charge in [-0.25, -0.2) is 9.13 Å². The van der Waals surface area contributed by atoms with Gasteiger partial charge in [0.05, 0.1) is 0 Å². The predicted molar refractivity (Wildman–Crippen MR) is 125 cm³/mol. The van der Waals surface area contributed by atoms with E-state index in [4.69, 9.17) is 0 Å². The summed E-state index contributed by atoms with van der Waals surface area (Å²) in [5.41, 5.74) is 0. The quantitative estimate of drug-likeness (QED) is 0.126. The minimum absolute atomic E-state index is 0. The van der Waals surface area contributed by atoms with Crippen LogP contribution in [0.1, 0.15) is 51.4 Å². The minimum Gasteiger partial charge on any atom is -1.00 e. The van der Waals surface area contributed by atoms with Crippen LogP contribution < -0.4 is 57.1 Å². The summed E-state index contributed by atoms with van der Waals surface area (Å²) in [4.78, 5) is 0. The first-order chi connectivity index (χ1) is 14.9. The topological polar surface area (TPSA) is 7.76 Å². The number of aromatic nitrogens is 2. The fourth-order valence-corrected chi connectivity index (χ4v) is 4.28. The summed E-state index contributed by atoms with van der Waals surface area (Å²) in [6.07, 6.45) is 19.7. The van der Waals surface area contributed by atoms with E-state index in [-0.39, 0.29) is 48.0 Å². The molecule has 0 aliphatic carbocycles. The van der Waals surface area contributed by atoms with Crippen molar-refractivity contribution < 1.29 is 57.1 Å². The molecule has 0 bridgehead atoms. The third kappa shape index (κ3) is 8.25. The smallest absolute Gasteiger partial charge is 0.176 e. The van der Waals surface area contributed by atoms with E-state index in [1.807, 2.05) is 0 Å². The molecule has 0 saturated carbocycles. The minimum atomic E-state index is 0. The molecule has 0 saturated heterocycles. The molecule has 0 N–H and O–H groups in total. The summed E-state index contributed by atoms with van der Waals surface area (Å²) < 4.78 is 4.68. The summed E-state index contributed by atoms with van der Waals surface area (Å²) >= 11 is 0. The third-order valence-electron chi connectivity index (χ3n) is 6.08. The van der Waals surface area contributed by atoms with E-state index in [0.29, 0.717) is 0 Å². The fraction of sp³-hybridized carbons (Fsp3) is 0.357. The van der Waals surface area contributed by atoms with E-state index in [9.17, 15) is 0 Å². The summed E-state index contributed by atoms with van der Waals surface area (Å²) in [6.45, 7) is 2.27. The van der Waals surface area contributed by atoms with Crippen molar-refractivity contribution in [3.63, 3.8) is 0 Å². The molecular formula is C28H34I2N2. The van der Waals surface area contributed by atoms with Gasteiger partial charge in [0.1, 0.15) is 13.1 Å². The maximum absolute atomic E-state index is 2.34. The van der Waals surface area contributed by atoms with Crippen molar-refractivity contribution in [3.05, 3.63) is 85.5 Å². The first-order valence-corrected chi connectivity index (χ1v) is 11.6. The fourth-order valence-electron chi connectivity index (χ4n) is 4.28. The van der Waals surface area contributed by atoms with E-state index in [1.165, 1.54) is 72.9 Å². The van der Waals surface area contributed by atoms with Gasteiger partial charge in [0.25, 0.3) is 0 Å². The number of benzene rings is 2. The van der Waals surface area contributed by atoms with Crippen LogP contribution in [0.3, 0.4) is 0 Å². The summed E-state index contributed by atoms with van der Waals surface area (Å²) in [7, 11) is 0. The van der Waals surface area contributed by atoms with Gasteiger partial charge in [0, 0.05) is 35.7 Å². The van der Waals surface area contributed by atoms with E-state index in [1.54, 1.807) is 0 Å². The molecule has 32 heavy (non-hydrogen) atoms. The Labute approximate surface area is 227 Å². The lowest BCUT2D eigenvalue weighted by molar-refractivity contribution is -0.696. The number of fused-ring (bicyclic) bond motifs is 2. The Balaban J connectivity index is 0.00000181. The molecule has 0 radical (unpaired) electrons. The highest BCUT2D eigenvalue weighted by molar-refractivity contribution is 5.80. The van der Waals surface area contributed by atoms with Crippen molar-refractivity contribution in [2.24, 2.45) is 0 Å². The molecule has 4 rings (SSSR count). The number of pyridine rings is 2. The number of hydrogen-bond acceptors (Lipinski definition) is 0. The van der Waals surface area contributed by atoms with Crippen molar-refractivity contribution in [2.75, 3.05) is 0 Å². The molecule has 0 atom stereocenters. The van der Waals surface area contributed by atoms with Gasteiger partial charge in [-0.2, -0.15) is 0 Å². The van der Waals surface area contributed by atoms with E-state index >= 15 is 0 Å². The van der Waals surface area contributed by atoms with E-state index < -0.39 is 0 Å². The zero-order valence-electron chi connectivity index (χ0n) is 18.8. The number of unbranched alkanes of at least 4 members (excludes halogenated alkanes) is 7. The van der Waals surface area contributed by atoms with Crippen molar-refractivity contribution in [1.82, 2.24) is 0 Å². The van der Waals surface area contributed by atoms with Crippen LogP contribution in [0.4, 0.5) is 0 Å². The van der Waals surface area contributed by atoms with Crippen LogP contribution in [-0.4, -0.2) is 0 Å². The molecule has 2 heterocycles. The summed E-state index contributed by atoms with van der Waals surface area (Å²) in [5.74, 6) is 0. The molecule has 2 nitrogen and oxygen atoms in total. The SMILES string of the molecule is [I-].[I-].c1ccc2c[n+](CCCCCCCCCC[n+]3ccc4ccccc4c3)ccc2c1. The van der Waals surface area contributed by atoms with Gasteiger partial charge in [-0.3, -0.25) is 0 Å². The Morgan fingerprint density at radius 2 is 0.750 bits per heavy atom. The van der Waals surface area contributed by atoms with Gasteiger partial charge in [-0.1, -0.05) is 62.1 Å². The molecule has 0 aliphatic heterocycles. The lowest BCUT2D eigenvalue weighted by Gasteiger charge is -2.02. The lowest BCUT2D eigenvalue weighted by Crippen LogP contribution is -3.00. The highest BCUT2D eigenvalue weighted by atomic mass is 127. The number of aryl methyl sites for hydroxylation is 2. The first-order valence-electron chi connectivity index (χ1n) is 11.6. The monoisotopic (exact) mass is 652 g/mol. The Hall–Kier alpha value is -1.28. The Morgan fingerprint density at radius 1 is 0.406 bits per heavy atom. The largest absolute Gasteiger partial charge is 1.00 e. The van der Waals surface area contributed by atoms with Crippen LogP contribution >= 0.6 is 0 Å². The second-order valence-corrected chi connectivity index (χ2v) is 8.45. The Morgan fingerprint density at radius 3 is 1.16 bits per heavy atom. The lowest BCUT2D eigenvalue weighted by atomic mass is 10.1. The average molecular weight is 652 g/mol. The van der Waals surface area contributed by atoms with Crippen molar-refractivity contribution in [3.8, 4) is 0 Å². The molecule has 0 spiro atoms. The van der Waals surface area contributed by atoms with Crippen molar-refractivity contribution in [1.29, 1.82) is 0 Å². The van der Waals surface area contributed by atoms with E-state index in [0.717, 1.165) is 13.1 Å². The van der Waals surface area contributed by atoms with Crippen LogP contribution in [0.15, 0.2) is 85.5 Å².